The molecular formula is C38H45FN8O2. The van der Waals surface area contributed by atoms with Crippen LogP contribution in [-0.4, -0.2) is 79.4 Å². The summed E-state index contributed by atoms with van der Waals surface area (Å²) in [5, 5.41) is 3.22. The minimum absolute atomic E-state index is 0.0565. The van der Waals surface area contributed by atoms with Crippen LogP contribution in [0.4, 0.5) is 21.6 Å². The van der Waals surface area contributed by atoms with Crippen molar-refractivity contribution in [3.63, 3.8) is 0 Å². The fraction of sp³-hybridized carbons (Fsp3) is 0.500. The van der Waals surface area contributed by atoms with E-state index in [4.69, 9.17) is 9.97 Å². The Labute approximate surface area is 286 Å². The molecule has 256 valence electrons. The highest BCUT2D eigenvalue weighted by Crippen LogP contribution is 2.52. The van der Waals surface area contributed by atoms with Crippen molar-refractivity contribution in [1.82, 2.24) is 29.3 Å². The van der Waals surface area contributed by atoms with Crippen molar-refractivity contribution in [3.8, 4) is 11.3 Å². The summed E-state index contributed by atoms with van der Waals surface area (Å²) >= 11 is 0. The van der Waals surface area contributed by atoms with Gasteiger partial charge < -0.3 is 19.7 Å². The van der Waals surface area contributed by atoms with Crippen molar-refractivity contribution in [2.45, 2.75) is 83.8 Å². The van der Waals surface area contributed by atoms with E-state index in [-0.39, 0.29) is 29.6 Å². The molecule has 2 saturated heterocycles. The average Bonchev–Trinajstić information content (AvgIpc) is 3.71. The van der Waals surface area contributed by atoms with Crippen LogP contribution in [0.2, 0.25) is 0 Å². The summed E-state index contributed by atoms with van der Waals surface area (Å²) in [4.78, 5) is 47.2. The molecule has 6 heterocycles. The van der Waals surface area contributed by atoms with Gasteiger partial charge in [0.2, 0.25) is 11.8 Å². The third kappa shape index (κ3) is 5.19. The number of nitrogens with one attached hydrogen (secondary N) is 1. The third-order valence-electron chi connectivity index (χ3n) is 11.9. The zero-order valence-electron chi connectivity index (χ0n) is 29.0. The van der Waals surface area contributed by atoms with Crippen LogP contribution < -0.4 is 10.2 Å². The molecule has 10 nitrogen and oxygen atoms in total. The summed E-state index contributed by atoms with van der Waals surface area (Å²) < 4.78 is 16.8. The second-order valence-electron chi connectivity index (χ2n) is 15.1. The highest BCUT2D eigenvalue weighted by atomic mass is 19.1. The maximum Gasteiger partial charge on any atom is 0.238 e. The van der Waals surface area contributed by atoms with Crippen molar-refractivity contribution in [2.75, 3.05) is 36.4 Å². The number of hydrogen-bond donors (Lipinski definition) is 1. The van der Waals surface area contributed by atoms with Gasteiger partial charge >= 0.3 is 0 Å². The normalized spacial score (nSPS) is 25.0. The number of pyridine rings is 2. The lowest BCUT2D eigenvalue weighted by Crippen LogP contribution is -2.57. The number of likely N-dealkylation sites (tertiary alicyclic amines) is 2. The van der Waals surface area contributed by atoms with Gasteiger partial charge in [0, 0.05) is 68.7 Å². The van der Waals surface area contributed by atoms with E-state index in [1.54, 1.807) is 25.5 Å². The van der Waals surface area contributed by atoms with E-state index in [9.17, 15) is 14.0 Å². The number of anilines is 3. The Morgan fingerprint density at radius 1 is 1.04 bits per heavy atom. The van der Waals surface area contributed by atoms with Crippen molar-refractivity contribution in [2.24, 2.45) is 11.8 Å². The lowest BCUT2D eigenvalue weighted by molar-refractivity contribution is -0.134. The highest BCUT2D eigenvalue weighted by molar-refractivity contribution is 6.09. The smallest absolute Gasteiger partial charge is 0.238 e. The molecule has 1 N–H and O–H groups in total. The number of imidazole rings is 1. The van der Waals surface area contributed by atoms with E-state index >= 15 is 0 Å². The molecule has 1 aliphatic carbocycles. The molecule has 4 aromatic rings. The summed E-state index contributed by atoms with van der Waals surface area (Å²) in [6.07, 6.45) is 7.69. The lowest BCUT2D eigenvalue weighted by atomic mass is 9.73. The highest BCUT2D eigenvalue weighted by Gasteiger charge is 2.56. The van der Waals surface area contributed by atoms with E-state index in [1.807, 2.05) is 15.5 Å². The molecule has 3 aromatic heterocycles. The fourth-order valence-electron chi connectivity index (χ4n) is 8.63. The number of piperidine rings is 1. The number of carbonyl (C=O) groups is 2. The Morgan fingerprint density at radius 2 is 1.78 bits per heavy atom. The first kappa shape index (κ1) is 31.9. The van der Waals surface area contributed by atoms with Gasteiger partial charge in [0.15, 0.2) is 11.6 Å². The van der Waals surface area contributed by atoms with Gasteiger partial charge in [0.25, 0.3) is 0 Å². The van der Waals surface area contributed by atoms with E-state index in [0.29, 0.717) is 55.3 Å². The molecule has 8 rings (SSSR count). The van der Waals surface area contributed by atoms with Gasteiger partial charge in [0.1, 0.15) is 5.52 Å². The van der Waals surface area contributed by atoms with E-state index in [0.717, 1.165) is 53.8 Å². The second kappa shape index (κ2) is 11.9. The maximum atomic E-state index is 14.8. The van der Waals surface area contributed by atoms with Crippen molar-refractivity contribution >= 4 is 40.0 Å². The predicted octanol–water partition coefficient (Wildman–Crippen LogP) is 6.30. The zero-order valence-corrected chi connectivity index (χ0v) is 29.0. The molecule has 0 bridgehead atoms. The second-order valence-corrected chi connectivity index (χ2v) is 15.1. The standard InChI is InChI=1S/C38H45FN8O2/c1-22(2)46-21-41-33-17-32(43-36(35(33)46)42-31-8-11-40-18-30(31)39)26-6-7-29-34(14-26)47(28-15-27(16-28)45-19-23(3)24(4)20-45)37(49)38(29)9-12-44(13-10-38)25(5)48/h6-8,11,14,17-18,21-24,27-28H,9-10,12-13,15-16,19-20H2,1-5H3,(H,40,42,43)/t23-,24+,27-,28+. The Morgan fingerprint density at radius 3 is 2.45 bits per heavy atom. The first-order valence-electron chi connectivity index (χ1n) is 17.8. The Kier molecular flexibility index (Phi) is 7.73. The van der Waals surface area contributed by atoms with Gasteiger partial charge in [0.05, 0.1) is 34.8 Å². The average molecular weight is 665 g/mol. The fourth-order valence-corrected chi connectivity index (χ4v) is 8.63. The van der Waals surface area contributed by atoms with Gasteiger partial charge in [-0.15, -0.1) is 0 Å². The summed E-state index contributed by atoms with van der Waals surface area (Å²) in [7, 11) is 0. The first-order valence-corrected chi connectivity index (χ1v) is 17.8. The molecule has 0 unspecified atom stereocenters. The quantitative estimate of drug-likeness (QED) is 0.258. The van der Waals surface area contributed by atoms with Gasteiger partial charge in [-0.25, -0.2) is 14.4 Å². The zero-order chi connectivity index (χ0) is 34.2. The molecule has 0 radical (unpaired) electrons. The van der Waals surface area contributed by atoms with Gasteiger partial charge in [-0.2, -0.15) is 0 Å². The maximum absolute atomic E-state index is 14.8. The van der Waals surface area contributed by atoms with E-state index in [1.165, 1.54) is 6.20 Å². The summed E-state index contributed by atoms with van der Waals surface area (Å²) in [5.74, 6) is 1.64. The number of fused-ring (bicyclic) bond motifs is 3. The van der Waals surface area contributed by atoms with Crippen LogP contribution in [0.5, 0.6) is 0 Å². The van der Waals surface area contributed by atoms with Crippen molar-refractivity contribution in [1.29, 1.82) is 0 Å². The van der Waals surface area contributed by atoms with Crippen LogP contribution in [0.1, 0.15) is 71.9 Å². The minimum Gasteiger partial charge on any atom is -0.343 e. The summed E-state index contributed by atoms with van der Waals surface area (Å²) in [5.41, 5.74) is 4.74. The Hall–Kier alpha value is -4.38. The van der Waals surface area contributed by atoms with Crippen molar-refractivity contribution in [3.05, 3.63) is 60.4 Å². The summed E-state index contributed by atoms with van der Waals surface area (Å²) in [6.45, 7) is 13.8. The molecular weight excluding hydrogens is 619 g/mol. The van der Waals surface area contributed by atoms with Crippen LogP contribution in [0.25, 0.3) is 22.3 Å². The van der Waals surface area contributed by atoms with Gasteiger partial charge in [-0.1, -0.05) is 26.0 Å². The van der Waals surface area contributed by atoms with Crippen LogP contribution >= 0.6 is 0 Å². The first-order chi connectivity index (χ1) is 23.5. The molecule has 2 atom stereocenters. The van der Waals surface area contributed by atoms with E-state index in [2.05, 4.69) is 66.0 Å². The van der Waals surface area contributed by atoms with Crippen LogP contribution in [0.15, 0.2) is 49.1 Å². The lowest BCUT2D eigenvalue weighted by Gasteiger charge is -2.46. The minimum atomic E-state index is -0.638. The van der Waals surface area contributed by atoms with Crippen LogP contribution in [0.3, 0.4) is 0 Å². The molecule has 49 heavy (non-hydrogen) atoms. The number of aromatic nitrogens is 4. The number of rotatable bonds is 6. The Bertz CT molecular complexity index is 1930. The molecule has 11 heteroatoms. The summed E-state index contributed by atoms with van der Waals surface area (Å²) in [6, 6.07) is 10.6. The monoisotopic (exact) mass is 664 g/mol. The SMILES string of the molecule is CC(=O)N1CCC2(CC1)C(=O)N([C@H]1C[C@@H](N3C[C@@H](C)[C@@H](C)C3)C1)c1cc(-c3cc4ncn(C(C)C)c4c(Nc4ccncc4F)n3)ccc12. The Balaban J connectivity index is 1.19. The molecule has 4 aliphatic rings. The topological polar surface area (TPSA) is 99.5 Å². The molecule has 3 aliphatic heterocycles. The number of nitrogens with zero attached hydrogens (tertiary/aromatic N) is 7. The number of halogens is 1. The van der Waals surface area contributed by atoms with Gasteiger partial charge in [-0.05, 0) is 75.1 Å². The molecule has 1 spiro atoms. The number of hydrogen-bond acceptors (Lipinski definition) is 7. The number of carbonyl (C=O) groups excluding carboxylic acids is 2. The number of amides is 2. The van der Waals surface area contributed by atoms with E-state index < -0.39 is 11.2 Å². The van der Waals surface area contributed by atoms with Crippen LogP contribution in [-0.2, 0) is 15.0 Å². The van der Waals surface area contributed by atoms with Crippen molar-refractivity contribution < 1.29 is 14.0 Å². The largest absolute Gasteiger partial charge is 0.343 e. The molecule has 2 amide bonds. The molecule has 1 saturated carbocycles. The van der Waals surface area contributed by atoms with Crippen LogP contribution in [0, 0.1) is 17.7 Å². The van der Waals surface area contributed by atoms with Gasteiger partial charge in [-0.3, -0.25) is 19.5 Å². The third-order valence-corrected chi connectivity index (χ3v) is 11.9. The molecule has 1 aromatic carbocycles. The predicted molar refractivity (Wildman–Crippen MR) is 188 cm³/mol. The molecule has 3 fully saturated rings. The number of benzene rings is 1.